The molecule has 0 spiro atoms. The molecule has 0 aliphatic carbocycles. The van der Waals surface area contributed by atoms with Gasteiger partial charge in [-0.2, -0.15) is 0 Å². The van der Waals surface area contributed by atoms with Crippen LogP contribution in [0, 0.1) is 81.4 Å². The molecule has 224 valence electrons. The molecule has 5 nitrogen and oxygen atoms in total. The van der Waals surface area contributed by atoms with Gasteiger partial charge < -0.3 is 0 Å². The largest absolute Gasteiger partial charge is 0.249 e. The molecule has 4 rings (SSSR count). The lowest BCUT2D eigenvalue weighted by molar-refractivity contribution is 0.405. The third kappa shape index (κ3) is 3.87. The summed E-state index contributed by atoms with van der Waals surface area (Å²) in [7, 11) is -13.9. The van der Waals surface area contributed by atoms with E-state index in [-0.39, 0.29) is 7.98 Å². The molecule has 0 unspecified atom stereocenters. The lowest BCUT2D eigenvalue weighted by Crippen LogP contribution is -2.36. The zero-order valence-corrected chi connectivity index (χ0v) is 20.8. The third-order valence-corrected chi connectivity index (χ3v) is 10.1. The topological polar surface area (TPSA) is 71.5 Å². The van der Waals surface area contributed by atoms with E-state index in [4.69, 9.17) is 0 Å². The van der Waals surface area contributed by atoms with Crippen LogP contribution in [0.4, 0.5) is 61.5 Å². The van der Waals surface area contributed by atoms with E-state index in [1.807, 2.05) is 0 Å². The Kier molecular flexibility index (Phi) is 7.22. The molecule has 0 saturated carbocycles. The van der Waals surface area contributed by atoms with Gasteiger partial charge in [0.2, 0.25) is 28.0 Å². The molecular formula is C20H2BF14NO4S2. The van der Waals surface area contributed by atoms with Crippen molar-refractivity contribution in [3.05, 3.63) is 81.4 Å². The molecule has 4 aromatic rings. The summed E-state index contributed by atoms with van der Waals surface area (Å²) in [6.45, 7) is 0. The number of sulfonamides is 2. The van der Waals surface area contributed by atoms with Crippen LogP contribution in [0.25, 0.3) is 21.5 Å². The number of nitrogens with zero attached hydrogens (tertiary/aromatic N) is 1. The number of fused-ring (bicyclic) bond motifs is 2. The van der Waals surface area contributed by atoms with Crippen LogP contribution in [-0.4, -0.2) is 28.4 Å². The zero-order valence-electron chi connectivity index (χ0n) is 19.2. The Balaban J connectivity index is 2.20. The molecule has 0 fully saturated rings. The second-order valence-corrected chi connectivity index (χ2v) is 12.0. The van der Waals surface area contributed by atoms with Gasteiger partial charge >= 0.3 is 0 Å². The van der Waals surface area contributed by atoms with Crippen molar-refractivity contribution >= 4 is 49.6 Å². The molecule has 4 aromatic carbocycles. The Morgan fingerprint density at radius 1 is 0.333 bits per heavy atom. The molecule has 0 aliphatic rings. The third-order valence-electron chi connectivity index (χ3n) is 5.79. The highest BCUT2D eigenvalue weighted by Gasteiger charge is 2.44. The minimum absolute atomic E-state index is 0.341. The quantitative estimate of drug-likeness (QED) is 0.136. The van der Waals surface area contributed by atoms with Gasteiger partial charge in [0.1, 0.15) is 9.79 Å². The Morgan fingerprint density at radius 2 is 0.524 bits per heavy atom. The summed E-state index contributed by atoms with van der Waals surface area (Å²) in [5.74, 6) is -41.5. The van der Waals surface area contributed by atoms with Crippen LogP contribution in [0.2, 0.25) is 0 Å². The summed E-state index contributed by atoms with van der Waals surface area (Å²) in [4.78, 5) is -5.65. The first-order chi connectivity index (χ1) is 19.1. The van der Waals surface area contributed by atoms with Crippen LogP contribution < -0.4 is 0 Å². The number of hydrogen-bond donors (Lipinski definition) is 0. The van der Waals surface area contributed by atoms with Gasteiger partial charge in [0.15, 0.2) is 81.4 Å². The summed E-state index contributed by atoms with van der Waals surface area (Å²) in [6, 6.07) is 0. The number of hydrogen-bond acceptors (Lipinski definition) is 4. The van der Waals surface area contributed by atoms with Crippen LogP contribution in [0.5, 0.6) is 0 Å². The molecule has 0 N–H and O–H groups in total. The van der Waals surface area contributed by atoms with Crippen molar-refractivity contribution in [2.24, 2.45) is 0 Å². The maximum atomic E-state index is 14.7. The highest BCUT2D eigenvalue weighted by Crippen LogP contribution is 2.41. The van der Waals surface area contributed by atoms with Gasteiger partial charge in [-0.3, -0.25) is 0 Å². The lowest BCUT2D eigenvalue weighted by atomic mass is 10.1. The second kappa shape index (κ2) is 9.69. The van der Waals surface area contributed by atoms with Crippen molar-refractivity contribution in [2.75, 3.05) is 0 Å². The average molecular weight is 661 g/mol. The van der Waals surface area contributed by atoms with Gasteiger partial charge in [-0.1, -0.05) is 0 Å². The van der Waals surface area contributed by atoms with Gasteiger partial charge in [-0.15, -0.1) is 3.62 Å². The molecule has 22 heteroatoms. The van der Waals surface area contributed by atoms with E-state index >= 15 is 0 Å². The molecule has 42 heavy (non-hydrogen) atoms. The first-order valence-electron chi connectivity index (χ1n) is 10.0. The minimum Gasteiger partial charge on any atom is -0.207 e. The lowest BCUT2D eigenvalue weighted by Gasteiger charge is -2.22. The van der Waals surface area contributed by atoms with Crippen molar-refractivity contribution in [1.29, 1.82) is 0 Å². The predicted octanol–water partition coefficient (Wildman–Crippen LogP) is 4.87. The van der Waals surface area contributed by atoms with E-state index in [1.54, 1.807) is 0 Å². The van der Waals surface area contributed by atoms with E-state index in [0.29, 0.717) is 0 Å². The maximum Gasteiger partial charge on any atom is 0.249 e. The Hall–Kier alpha value is -3.66. The number of benzene rings is 4. The van der Waals surface area contributed by atoms with E-state index in [1.165, 1.54) is 0 Å². The Morgan fingerprint density at radius 3 is 0.762 bits per heavy atom. The monoisotopic (exact) mass is 661 g/mol. The van der Waals surface area contributed by atoms with Crippen molar-refractivity contribution in [2.45, 2.75) is 9.79 Å². The minimum atomic E-state index is -6.76. The summed E-state index contributed by atoms with van der Waals surface area (Å²) >= 11 is 0. The Labute approximate surface area is 223 Å². The summed E-state index contributed by atoms with van der Waals surface area (Å²) in [5.41, 5.74) is 0. The molecular weight excluding hydrogens is 659 g/mol. The van der Waals surface area contributed by atoms with E-state index < -0.39 is 136 Å². The normalized spacial score (nSPS) is 12.7. The van der Waals surface area contributed by atoms with Crippen molar-refractivity contribution in [1.82, 2.24) is 3.62 Å². The molecule has 0 bridgehead atoms. The standard InChI is InChI=1S/C20H2BF14NO4S2/c21-36(41(37,38)19-3-1(7(24)15(32)17(19)34)5(22)11(28)13(30)9(3)26)42(39,40)20-4-2(8(25)16(33)18(20)35)6(23)12(29)14(31)10(4)27/h21H2. The van der Waals surface area contributed by atoms with Gasteiger partial charge in [0.05, 0.1) is 10.8 Å². The van der Waals surface area contributed by atoms with Crippen molar-refractivity contribution in [3.63, 3.8) is 0 Å². The zero-order chi connectivity index (χ0) is 32.1. The van der Waals surface area contributed by atoms with Crippen molar-refractivity contribution in [3.8, 4) is 0 Å². The molecule has 0 amide bonds. The number of halogens is 14. The van der Waals surface area contributed by atoms with E-state index in [2.05, 4.69) is 0 Å². The van der Waals surface area contributed by atoms with E-state index in [9.17, 15) is 78.3 Å². The molecule has 0 atom stereocenters. The summed E-state index contributed by atoms with van der Waals surface area (Å²) in [5, 5.41) is -9.90. The number of rotatable bonds is 4. The average Bonchev–Trinajstić information content (AvgIpc) is 2.92. The fourth-order valence-electron chi connectivity index (χ4n) is 3.80. The smallest absolute Gasteiger partial charge is 0.207 e. The van der Waals surface area contributed by atoms with Crippen LogP contribution >= 0.6 is 0 Å². The second-order valence-electron chi connectivity index (χ2n) is 7.94. The molecule has 0 aliphatic heterocycles. The molecule has 0 heterocycles. The summed E-state index contributed by atoms with van der Waals surface area (Å²) < 4.78 is 250. The molecule has 0 radical (unpaired) electrons. The van der Waals surface area contributed by atoms with Crippen LogP contribution in [-0.2, 0) is 20.0 Å². The highest BCUT2D eigenvalue weighted by molar-refractivity contribution is 8.05. The molecule has 0 aromatic heterocycles. The first kappa shape index (κ1) is 31.3. The fraction of sp³-hybridized carbons (Fsp3) is 0. The van der Waals surface area contributed by atoms with Gasteiger partial charge in [-0.25, -0.2) is 78.3 Å². The molecule has 0 saturated heterocycles. The Bertz CT molecular complexity index is 1970. The van der Waals surface area contributed by atoms with Crippen LogP contribution in [0.15, 0.2) is 9.79 Å². The maximum absolute atomic E-state index is 14.7. The van der Waals surface area contributed by atoms with Crippen LogP contribution in [0.1, 0.15) is 0 Å². The van der Waals surface area contributed by atoms with Crippen LogP contribution in [0.3, 0.4) is 0 Å². The van der Waals surface area contributed by atoms with Gasteiger partial charge in [-0.05, 0) is 0 Å². The first-order valence-corrected chi connectivity index (χ1v) is 12.9. The fourth-order valence-corrected chi connectivity index (χ4v) is 7.33. The van der Waals surface area contributed by atoms with Crippen molar-refractivity contribution < 1.29 is 78.3 Å². The summed E-state index contributed by atoms with van der Waals surface area (Å²) in [6.07, 6.45) is 0. The van der Waals surface area contributed by atoms with Gasteiger partial charge in [0, 0.05) is 10.8 Å². The predicted molar refractivity (Wildman–Crippen MR) is 112 cm³/mol. The van der Waals surface area contributed by atoms with E-state index in [0.717, 1.165) is 0 Å². The van der Waals surface area contributed by atoms with Gasteiger partial charge in [0.25, 0.3) is 0 Å². The highest BCUT2D eigenvalue weighted by atomic mass is 32.3. The SMILES string of the molecule is BN(S(=O)(=O)c1c(F)c(F)c(F)c2c(F)c(F)c(F)c(F)c12)S(=O)(=O)c1c(F)c(F)c(F)c2c(F)c(F)c(F)c(F)c12.